The van der Waals surface area contributed by atoms with E-state index in [1.54, 1.807) is 18.3 Å². The number of amidine groups is 1. The first kappa shape index (κ1) is 14.2. The van der Waals surface area contributed by atoms with Gasteiger partial charge in [0.2, 0.25) is 0 Å². The molecular formula is C15H8Cl2FN5. The molecule has 0 atom stereocenters. The molecule has 3 heterocycles. The van der Waals surface area contributed by atoms with Gasteiger partial charge in [0.05, 0.1) is 28.2 Å². The van der Waals surface area contributed by atoms with E-state index < -0.39 is 5.82 Å². The molecule has 0 saturated carbocycles. The van der Waals surface area contributed by atoms with Gasteiger partial charge in [-0.15, -0.1) is 0 Å². The van der Waals surface area contributed by atoms with E-state index in [-0.39, 0.29) is 16.4 Å². The van der Waals surface area contributed by atoms with Gasteiger partial charge in [-0.25, -0.2) is 14.4 Å². The van der Waals surface area contributed by atoms with Gasteiger partial charge in [0, 0.05) is 11.8 Å². The normalized spacial score (nSPS) is 12.7. The summed E-state index contributed by atoms with van der Waals surface area (Å²) in [5, 5.41) is 10.6. The molecule has 5 nitrogen and oxygen atoms in total. The lowest BCUT2D eigenvalue weighted by Gasteiger charge is -2.10. The Balaban J connectivity index is 1.99. The molecule has 4 rings (SSSR count). The third-order valence-corrected chi connectivity index (χ3v) is 3.95. The predicted octanol–water partition coefficient (Wildman–Crippen LogP) is 4.42. The number of nitrogens with one attached hydrogen (secondary N) is 2. The molecule has 2 aromatic heterocycles. The van der Waals surface area contributed by atoms with E-state index in [4.69, 9.17) is 23.2 Å². The van der Waals surface area contributed by atoms with E-state index in [2.05, 4.69) is 25.5 Å². The van der Waals surface area contributed by atoms with Crippen LogP contribution in [0.25, 0.3) is 11.3 Å². The second-order valence-corrected chi connectivity index (χ2v) is 5.65. The van der Waals surface area contributed by atoms with Crippen molar-refractivity contribution >= 4 is 40.4 Å². The van der Waals surface area contributed by atoms with E-state index in [0.717, 1.165) is 0 Å². The Morgan fingerprint density at radius 3 is 2.87 bits per heavy atom. The number of hydrogen-bond donors (Lipinski definition) is 2. The van der Waals surface area contributed by atoms with Gasteiger partial charge in [-0.2, -0.15) is 5.10 Å². The number of fused-ring (bicyclic) bond motifs is 3. The Labute approximate surface area is 140 Å². The topological polar surface area (TPSA) is 66.0 Å². The lowest BCUT2D eigenvalue weighted by Crippen LogP contribution is -2.15. The first-order valence-electron chi connectivity index (χ1n) is 6.63. The number of rotatable bonds is 1. The minimum atomic E-state index is -0.473. The zero-order valence-corrected chi connectivity index (χ0v) is 13.0. The van der Waals surface area contributed by atoms with Crippen LogP contribution in [0.2, 0.25) is 10.2 Å². The van der Waals surface area contributed by atoms with Crippen molar-refractivity contribution in [2.75, 3.05) is 5.32 Å². The van der Waals surface area contributed by atoms with Gasteiger partial charge in [0.1, 0.15) is 22.5 Å². The summed E-state index contributed by atoms with van der Waals surface area (Å²) in [6.45, 7) is 0. The van der Waals surface area contributed by atoms with Crippen molar-refractivity contribution in [3.8, 4) is 11.3 Å². The lowest BCUT2D eigenvalue weighted by molar-refractivity contribution is 0.625. The van der Waals surface area contributed by atoms with Crippen LogP contribution in [0.1, 0.15) is 5.56 Å². The van der Waals surface area contributed by atoms with E-state index in [1.165, 1.54) is 18.3 Å². The highest BCUT2D eigenvalue weighted by Crippen LogP contribution is 2.38. The first-order valence-corrected chi connectivity index (χ1v) is 7.39. The van der Waals surface area contributed by atoms with Gasteiger partial charge in [-0.1, -0.05) is 29.3 Å². The molecule has 8 heteroatoms. The van der Waals surface area contributed by atoms with E-state index >= 15 is 0 Å². The summed E-state index contributed by atoms with van der Waals surface area (Å²) in [7, 11) is 0. The maximum atomic E-state index is 14.2. The van der Waals surface area contributed by atoms with Gasteiger partial charge in [0.25, 0.3) is 0 Å². The summed E-state index contributed by atoms with van der Waals surface area (Å²) < 4.78 is 14.2. The van der Waals surface area contributed by atoms with Crippen molar-refractivity contribution in [3.05, 3.63) is 58.2 Å². The Bertz CT molecular complexity index is 931. The van der Waals surface area contributed by atoms with Crippen molar-refractivity contribution in [2.24, 2.45) is 4.99 Å². The van der Waals surface area contributed by atoms with Gasteiger partial charge in [-0.3, -0.25) is 5.10 Å². The maximum absolute atomic E-state index is 14.2. The van der Waals surface area contributed by atoms with Crippen LogP contribution < -0.4 is 5.32 Å². The van der Waals surface area contributed by atoms with Crippen molar-refractivity contribution < 1.29 is 4.39 Å². The van der Waals surface area contributed by atoms with E-state index in [1.807, 2.05) is 0 Å². The molecule has 0 amide bonds. The highest BCUT2D eigenvalue weighted by molar-refractivity contribution is 6.35. The maximum Gasteiger partial charge on any atom is 0.143 e. The molecule has 0 saturated heterocycles. The largest absolute Gasteiger partial charge is 0.336 e. The van der Waals surface area contributed by atoms with Gasteiger partial charge < -0.3 is 5.32 Å². The number of anilines is 1. The molecule has 1 aromatic carbocycles. The summed E-state index contributed by atoms with van der Waals surface area (Å²) in [5.41, 5.74) is 2.65. The third kappa shape index (κ3) is 2.36. The number of H-pyrrole nitrogens is 1. The van der Waals surface area contributed by atoms with Crippen LogP contribution in [-0.4, -0.2) is 21.0 Å². The Hall–Kier alpha value is -2.44. The standard InChI is InChI=1S/C15H8Cl2FN5/c16-8-2-1-3-9(18)13(8)15-21-10-5-19-12(17)4-7(10)14-11(22-15)6-20-23-14/h1-6H,(H,20,23)(H,21,22). The van der Waals surface area contributed by atoms with Crippen molar-refractivity contribution in [3.63, 3.8) is 0 Å². The van der Waals surface area contributed by atoms with Crippen molar-refractivity contribution in [2.45, 2.75) is 0 Å². The summed E-state index contributed by atoms with van der Waals surface area (Å²) in [5.74, 6) is -0.196. The first-order chi connectivity index (χ1) is 11.1. The zero-order chi connectivity index (χ0) is 16.0. The second kappa shape index (κ2) is 5.33. The van der Waals surface area contributed by atoms with Crippen LogP contribution in [0.3, 0.4) is 0 Å². The number of halogens is 3. The van der Waals surface area contributed by atoms with Crippen LogP contribution in [-0.2, 0) is 0 Å². The molecule has 3 aromatic rings. The molecule has 114 valence electrons. The van der Waals surface area contributed by atoms with Crippen LogP contribution >= 0.6 is 23.2 Å². The smallest absolute Gasteiger partial charge is 0.143 e. The summed E-state index contributed by atoms with van der Waals surface area (Å²) >= 11 is 12.1. The minimum Gasteiger partial charge on any atom is -0.336 e. The quantitative estimate of drug-likeness (QED) is 0.640. The van der Waals surface area contributed by atoms with Gasteiger partial charge in [0.15, 0.2) is 0 Å². The monoisotopic (exact) mass is 347 g/mol. The molecule has 2 N–H and O–H groups in total. The average Bonchev–Trinajstić information content (AvgIpc) is 2.91. The van der Waals surface area contributed by atoms with Crippen LogP contribution in [0.15, 0.2) is 41.7 Å². The van der Waals surface area contributed by atoms with E-state index in [0.29, 0.717) is 27.8 Å². The molecule has 0 bridgehead atoms. The number of benzene rings is 1. The highest BCUT2D eigenvalue weighted by Gasteiger charge is 2.23. The molecule has 23 heavy (non-hydrogen) atoms. The number of pyridine rings is 1. The van der Waals surface area contributed by atoms with Crippen molar-refractivity contribution in [1.29, 1.82) is 0 Å². The average molecular weight is 348 g/mol. The highest BCUT2D eigenvalue weighted by atomic mass is 35.5. The molecule has 0 radical (unpaired) electrons. The number of aromatic amines is 1. The fourth-order valence-corrected chi connectivity index (χ4v) is 2.82. The molecule has 0 unspecified atom stereocenters. The van der Waals surface area contributed by atoms with Crippen LogP contribution in [0.5, 0.6) is 0 Å². The SMILES string of the molecule is Fc1cccc(Cl)c1C1=Nc2cnc(Cl)cc2-c2n[nH]cc2N1. The summed E-state index contributed by atoms with van der Waals surface area (Å²) in [4.78, 5) is 8.50. The summed E-state index contributed by atoms with van der Waals surface area (Å²) in [6, 6.07) is 6.13. The van der Waals surface area contributed by atoms with Gasteiger partial charge in [-0.05, 0) is 18.2 Å². The Kier molecular flexibility index (Phi) is 3.28. The van der Waals surface area contributed by atoms with Crippen LogP contribution in [0.4, 0.5) is 15.8 Å². The molecule has 1 aliphatic rings. The fraction of sp³-hybridized carbons (Fsp3) is 0. The summed E-state index contributed by atoms with van der Waals surface area (Å²) in [6.07, 6.45) is 3.17. The fourth-order valence-electron chi connectivity index (χ4n) is 2.41. The Morgan fingerprint density at radius 2 is 2.04 bits per heavy atom. The number of hydrogen-bond acceptors (Lipinski definition) is 4. The Morgan fingerprint density at radius 1 is 1.17 bits per heavy atom. The van der Waals surface area contributed by atoms with Crippen molar-refractivity contribution in [1.82, 2.24) is 15.2 Å². The number of aliphatic imine (C=N–C) groups is 1. The molecule has 0 spiro atoms. The minimum absolute atomic E-state index is 0.184. The number of aromatic nitrogens is 3. The molecule has 0 aliphatic carbocycles. The predicted molar refractivity (Wildman–Crippen MR) is 88.1 cm³/mol. The van der Waals surface area contributed by atoms with E-state index in [9.17, 15) is 4.39 Å². The number of nitrogens with zero attached hydrogens (tertiary/aromatic N) is 3. The van der Waals surface area contributed by atoms with Gasteiger partial charge >= 0.3 is 0 Å². The lowest BCUT2D eigenvalue weighted by atomic mass is 10.1. The van der Waals surface area contributed by atoms with Crippen LogP contribution in [0, 0.1) is 5.82 Å². The molecular weight excluding hydrogens is 340 g/mol. The second-order valence-electron chi connectivity index (χ2n) is 4.85. The molecule has 0 fully saturated rings. The third-order valence-electron chi connectivity index (χ3n) is 3.43. The zero-order valence-electron chi connectivity index (χ0n) is 11.4. The molecule has 1 aliphatic heterocycles.